The molecule has 0 radical (unpaired) electrons. The molecule has 0 bridgehead atoms. The van der Waals surface area contributed by atoms with Crippen molar-refractivity contribution in [3.05, 3.63) is 84.1 Å². The Morgan fingerprint density at radius 3 is 1.68 bits per heavy atom. The lowest BCUT2D eigenvalue weighted by Gasteiger charge is -2.17. The Hall–Kier alpha value is -2.88. The number of nitrogens with zero attached hydrogens (tertiary/aromatic N) is 2. The first-order valence-corrected chi connectivity index (χ1v) is 7.07. The van der Waals surface area contributed by atoms with Crippen LogP contribution < -0.4 is 0 Å². The molecule has 4 heteroatoms. The van der Waals surface area contributed by atoms with E-state index in [9.17, 15) is 9.59 Å². The standard InChI is InChI=1S/C18H16N2O2/c1-14-17(21)20(13-16-10-6-3-7-11-16)18(22)19(14)12-15-8-4-2-5-9-15/h2-11H,1,12-13H2. The highest BCUT2D eigenvalue weighted by Gasteiger charge is 2.39. The number of hydrogen-bond acceptors (Lipinski definition) is 2. The fourth-order valence-electron chi connectivity index (χ4n) is 2.45. The van der Waals surface area contributed by atoms with Crippen LogP contribution in [0.5, 0.6) is 0 Å². The van der Waals surface area contributed by atoms with E-state index in [2.05, 4.69) is 6.58 Å². The largest absolute Gasteiger partial charge is 0.332 e. The zero-order valence-corrected chi connectivity index (χ0v) is 12.1. The van der Waals surface area contributed by atoms with Crippen LogP contribution in [0.3, 0.4) is 0 Å². The molecular formula is C18H16N2O2. The normalized spacial score (nSPS) is 14.8. The lowest BCUT2D eigenvalue weighted by Crippen LogP contribution is -2.32. The predicted octanol–water partition coefficient (Wildman–Crippen LogP) is 3.16. The molecule has 2 aromatic carbocycles. The van der Waals surface area contributed by atoms with Crippen molar-refractivity contribution in [3.63, 3.8) is 0 Å². The molecule has 3 rings (SSSR count). The lowest BCUT2D eigenvalue weighted by atomic mass is 10.2. The van der Waals surface area contributed by atoms with Crippen LogP contribution in [-0.4, -0.2) is 21.7 Å². The molecule has 1 heterocycles. The summed E-state index contributed by atoms with van der Waals surface area (Å²) in [5.41, 5.74) is 2.11. The fraction of sp³-hybridized carbons (Fsp3) is 0.111. The van der Waals surface area contributed by atoms with E-state index in [1.54, 1.807) is 0 Å². The molecule has 0 aromatic heterocycles. The predicted molar refractivity (Wildman–Crippen MR) is 83.5 cm³/mol. The summed E-state index contributed by atoms with van der Waals surface area (Å²) in [7, 11) is 0. The average molecular weight is 292 g/mol. The van der Waals surface area contributed by atoms with E-state index in [1.807, 2.05) is 60.7 Å². The number of rotatable bonds is 4. The summed E-state index contributed by atoms with van der Waals surface area (Å²) in [6.45, 7) is 4.39. The highest BCUT2D eigenvalue weighted by atomic mass is 16.2. The van der Waals surface area contributed by atoms with E-state index in [0.717, 1.165) is 11.1 Å². The molecule has 0 N–H and O–H groups in total. The molecule has 0 saturated carbocycles. The summed E-state index contributed by atoms with van der Waals surface area (Å²) in [5, 5.41) is 0. The van der Waals surface area contributed by atoms with Gasteiger partial charge >= 0.3 is 6.03 Å². The number of urea groups is 1. The second-order valence-corrected chi connectivity index (χ2v) is 5.18. The highest BCUT2D eigenvalue weighted by molar-refractivity contribution is 6.11. The summed E-state index contributed by atoms with van der Waals surface area (Å²) in [4.78, 5) is 27.5. The Bertz CT molecular complexity index is 649. The van der Waals surface area contributed by atoms with Crippen molar-refractivity contribution in [1.29, 1.82) is 0 Å². The van der Waals surface area contributed by atoms with E-state index in [-0.39, 0.29) is 24.2 Å². The van der Waals surface area contributed by atoms with Gasteiger partial charge in [-0.1, -0.05) is 67.2 Å². The lowest BCUT2D eigenvalue weighted by molar-refractivity contribution is -0.123. The first-order valence-electron chi connectivity index (χ1n) is 7.07. The van der Waals surface area contributed by atoms with Crippen molar-refractivity contribution in [2.75, 3.05) is 0 Å². The molecule has 1 saturated heterocycles. The van der Waals surface area contributed by atoms with Crippen LogP contribution in [-0.2, 0) is 17.9 Å². The summed E-state index contributed by atoms with van der Waals surface area (Å²) in [6, 6.07) is 18.7. The third kappa shape index (κ3) is 2.63. The highest BCUT2D eigenvalue weighted by Crippen LogP contribution is 2.24. The van der Waals surface area contributed by atoms with Gasteiger partial charge in [0.25, 0.3) is 5.91 Å². The Labute approximate surface area is 129 Å². The van der Waals surface area contributed by atoms with Crippen molar-refractivity contribution in [1.82, 2.24) is 9.80 Å². The second-order valence-electron chi connectivity index (χ2n) is 5.18. The minimum absolute atomic E-state index is 0.227. The van der Waals surface area contributed by atoms with Gasteiger partial charge in [0.2, 0.25) is 0 Å². The summed E-state index contributed by atoms with van der Waals surface area (Å²) in [5.74, 6) is -0.329. The Balaban J connectivity index is 1.79. The van der Waals surface area contributed by atoms with Gasteiger partial charge in [0, 0.05) is 0 Å². The van der Waals surface area contributed by atoms with Crippen molar-refractivity contribution >= 4 is 11.9 Å². The van der Waals surface area contributed by atoms with Gasteiger partial charge in [-0.15, -0.1) is 0 Å². The zero-order chi connectivity index (χ0) is 15.5. The molecule has 2 aromatic rings. The number of carbonyl (C=O) groups excluding carboxylic acids is 2. The van der Waals surface area contributed by atoms with Gasteiger partial charge in [-0.25, -0.2) is 4.79 Å². The quantitative estimate of drug-likeness (QED) is 0.641. The molecule has 22 heavy (non-hydrogen) atoms. The Morgan fingerprint density at radius 1 is 0.727 bits per heavy atom. The maximum atomic E-state index is 12.5. The minimum Gasteiger partial charge on any atom is -0.285 e. The van der Waals surface area contributed by atoms with Crippen LogP contribution >= 0.6 is 0 Å². The fourth-order valence-corrected chi connectivity index (χ4v) is 2.45. The van der Waals surface area contributed by atoms with E-state index in [1.165, 1.54) is 9.80 Å². The molecule has 0 spiro atoms. The summed E-state index contributed by atoms with van der Waals surface area (Å²) in [6.07, 6.45) is 0. The van der Waals surface area contributed by atoms with Crippen molar-refractivity contribution in [2.24, 2.45) is 0 Å². The molecule has 0 aliphatic carbocycles. The van der Waals surface area contributed by atoms with E-state index in [4.69, 9.17) is 0 Å². The molecule has 110 valence electrons. The Kier molecular flexibility index (Phi) is 3.74. The maximum Gasteiger partial charge on any atom is 0.332 e. The van der Waals surface area contributed by atoms with Crippen LogP contribution in [0.2, 0.25) is 0 Å². The number of carbonyl (C=O) groups is 2. The van der Waals surface area contributed by atoms with Gasteiger partial charge in [-0.05, 0) is 11.1 Å². The summed E-state index contributed by atoms with van der Waals surface area (Å²) >= 11 is 0. The smallest absolute Gasteiger partial charge is 0.285 e. The molecule has 1 fully saturated rings. The van der Waals surface area contributed by atoms with Crippen molar-refractivity contribution < 1.29 is 9.59 Å². The monoisotopic (exact) mass is 292 g/mol. The number of imide groups is 1. The summed E-state index contributed by atoms with van der Waals surface area (Å²) < 4.78 is 0. The number of benzene rings is 2. The first-order chi connectivity index (χ1) is 10.7. The molecular weight excluding hydrogens is 276 g/mol. The molecule has 1 aliphatic heterocycles. The zero-order valence-electron chi connectivity index (χ0n) is 12.1. The SMILES string of the molecule is C=C1C(=O)N(Cc2ccccc2)C(=O)N1Cc1ccccc1. The van der Waals surface area contributed by atoms with Gasteiger partial charge in [0.15, 0.2) is 0 Å². The maximum absolute atomic E-state index is 12.5. The van der Waals surface area contributed by atoms with Crippen LogP contribution in [0, 0.1) is 0 Å². The second kappa shape index (κ2) is 5.85. The molecule has 3 amide bonds. The van der Waals surface area contributed by atoms with E-state index in [0.29, 0.717) is 6.54 Å². The minimum atomic E-state index is -0.329. The number of hydrogen-bond donors (Lipinski definition) is 0. The molecule has 1 aliphatic rings. The molecule has 4 nitrogen and oxygen atoms in total. The first kappa shape index (κ1) is 14.1. The van der Waals surface area contributed by atoms with Gasteiger partial charge in [-0.2, -0.15) is 0 Å². The van der Waals surface area contributed by atoms with Crippen molar-refractivity contribution in [2.45, 2.75) is 13.1 Å². The average Bonchev–Trinajstić information content (AvgIpc) is 2.75. The van der Waals surface area contributed by atoms with E-state index < -0.39 is 0 Å². The van der Waals surface area contributed by atoms with Crippen LogP contribution in [0.4, 0.5) is 4.79 Å². The van der Waals surface area contributed by atoms with Gasteiger partial charge in [0.05, 0.1) is 13.1 Å². The van der Waals surface area contributed by atoms with Gasteiger partial charge in [-0.3, -0.25) is 14.6 Å². The topological polar surface area (TPSA) is 40.6 Å². The molecule has 0 unspecified atom stereocenters. The Morgan fingerprint density at radius 2 is 1.18 bits per heavy atom. The van der Waals surface area contributed by atoms with Crippen LogP contribution in [0.25, 0.3) is 0 Å². The molecule has 0 atom stereocenters. The van der Waals surface area contributed by atoms with E-state index >= 15 is 0 Å². The van der Waals surface area contributed by atoms with Crippen LogP contribution in [0.1, 0.15) is 11.1 Å². The third-order valence-corrected chi connectivity index (χ3v) is 3.65. The number of amides is 3. The van der Waals surface area contributed by atoms with Gasteiger partial charge < -0.3 is 0 Å². The van der Waals surface area contributed by atoms with Crippen LogP contribution in [0.15, 0.2) is 72.9 Å². The van der Waals surface area contributed by atoms with Crippen molar-refractivity contribution in [3.8, 4) is 0 Å². The third-order valence-electron chi connectivity index (χ3n) is 3.65. The van der Waals surface area contributed by atoms with Gasteiger partial charge in [0.1, 0.15) is 5.70 Å².